The fourth-order valence-corrected chi connectivity index (χ4v) is 4.09. The Morgan fingerprint density at radius 1 is 1.44 bits per heavy atom. The van der Waals surface area contributed by atoms with Gasteiger partial charge in [0.2, 0.25) is 0 Å². The molecule has 18 heavy (non-hydrogen) atoms. The SMILES string of the molecule is CC1CNCCN1C(=O)c1csc2c1CCCC2. The molecule has 1 saturated heterocycles. The summed E-state index contributed by atoms with van der Waals surface area (Å²) in [6, 6.07) is 0.311. The summed E-state index contributed by atoms with van der Waals surface area (Å²) >= 11 is 1.78. The molecule has 0 radical (unpaired) electrons. The number of fused-ring (bicyclic) bond motifs is 1. The van der Waals surface area contributed by atoms with Gasteiger partial charge >= 0.3 is 0 Å². The zero-order valence-electron chi connectivity index (χ0n) is 10.9. The lowest BCUT2D eigenvalue weighted by atomic mass is 9.95. The number of hydrogen-bond acceptors (Lipinski definition) is 3. The summed E-state index contributed by atoms with van der Waals surface area (Å²) in [5, 5.41) is 5.43. The van der Waals surface area contributed by atoms with Crippen molar-refractivity contribution in [3.8, 4) is 0 Å². The van der Waals surface area contributed by atoms with Crippen molar-refractivity contribution in [2.24, 2.45) is 0 Å². The van der Waals surface area contributed by atoms with Crippen molar-refractivity contribution >= 4 is 17.2 Å². The largest absolute Gasteiger partial charge is 0.333 e. The first-order chi connectivity index (χ1) is 8.77. The Bertz CT molecular complexity index is 455. The summed E-state index contributed by atoms with van der Waals surface area (Å²) in [4.78, 5) is 16.1. The molecule has 0 spiro atoms. The van der Waals surface area contributed by atoms with E-state index in [-0.39, 0.29) is 5.91 Å². The highest BCUT2D eigenvalue weighted by atomic mass is 32.1. The van der Waals surface area contributed by atoms with Crippen LogP contribution in [0.2, 0.25) is 0 Å². The van der Waals surface area contributed by atoms with Gasteiger partial charge in [-0.15, -0.1) is 11.3 Å². The molecule has 0 aromatic carbocycles. The molecule has 3 rings (SSSR count). The molecule has 1 aliphatic heterocycles. The molecule has 4 heteroatoms. The predicted octanol–water partition coefficient (Wildman–Crippen LogP) is 2.06. The van der Waals surface area contributed by atoms with E-state index in [1.54, 1.807) is 11.3 Å². The average Bonchev–Trinajstić information content (AvgIpc) is 2.82. The van der Waals surface area contributed by atoms with Crippen LogP contribution in [0.5, 0.6) is 0 Å². The number of rotatable bonds is 1. The molecule has 98 valence electrons. The molecular formula is C14H20N2OS. The Kier molecular flexibility index (Phi) is 3.39. The summed E-state index contributed by atoms with van der Waals surface area (Å²) in [5.74, 6) is 0.253. The van der Waals surface area contributed by atoms with Crippen LogP contribution in [0.15, 0.2) is 5.38 Å². The number of thiophene rings is 1. The Morgan fingerprint density at radius 3 is 3.11 bits per heavy atom. The van der Waals surface area contributed by atoms with Crippen LogP contribution in [0.4, 0.5) is 0 Å². The Morgan fingerprint density at radius 2 is 2.28 bits per heavy atom. The van der Waals surface area contributed by atoms with Crippen molar-refractivity contribution in [3.63, 3.8) is 0 Å². The molecule has 1 N–H and O–H groups in total. The maximum atomic E-state index is 12.6. The zero-order chi connectivity index (χ0) is 12.5. The van der Waals surface area contributed by atoms with Crippen molar-refractivity contribution in [2.45, 2.75) is 38.6 Å². The maximum Gasteiger partial charge on any atom is 0.255 e. The standard InChI is InChI=1S/C14H20N2OS/c1-10-8-15-6-7-16(10)14(17)12-9-18-13-5-3-2-4-11(12)13/h9-10,15H,2-8H2,1H3. The van der Waals surface area contributed by atoms with Gasteiger partial charge in [-0.25, -0.2) is 0 Å². The summed E-state index contributed by atoms with van der Waals surface area (Å²) in [5.41, 5.74) is 2.34. The molecule has 0 saturated carbocycles. The Balaban J connectivity index is 1.85. The number of piperazine rings is 1. The first-order valence-corrected chi connectivity index (χ1v) is 7.76. The van der Waals surface area contributed by atoms with E-state index >= 15 is 0 Å². The molecule has 1 aromatic rings. The predicted molar refractivity (Wildman–Crippen MR) is 74.3 cm³/mol. The third-order valence-electron chi connectivity index (χ3n) is 4.05. The van der Waals surface area contributed by atoms with Gasteiger partial charge < -0.3 is 10.2 Å². The second-order valence-electron chi connectivity index (χ2n) is 5.31. The van der Waals surface area contributed by atoms with Gasteiger partial charge in [-0.05, 0) is 38.2 Å². The summed E-state index contributed by atoms with van der Waals surface area (Å²) in [7, 11) is 0. The molecule has 1 atom stereocenters. The minimum absolute atomic E-state index is 0.253. The number of carbonyl (C=O) groups excluding carboxylic acids is 1. The van der Waals surface area contributed by atoms with Crippen molar-refractivity contribution in [2.75, 3.05) is 19.6 Å². The maximum absolute atomic E-state index is 12.6. The Labute approximate surface area is 112 Å². The van der Waals surface area contributed by atoms with Crippen LogP contribution in [0.1, 0.15) is 40.6 Å². The molecule has 2 heterocycles. The van der Waals surface area contributed by atoms with Gasteiger partial charge in [-0.1, -0.05) is 0 Å². The van der Waals surface area contributed by atoms with E-state index in [1.807, 2.05) is 4.90 Å². The third-order valence-corrected chi connectivity index (χ3v) is 5.14. The molecule has 1 aromatic heterocycles. The molecule has 1 unspecified atom stereocenters. The summed E-state index contributed by atoms with van der Waals surface area (Å²) < 4.78 is 0. The van der Waals surface area contributed by atoms with Gasteiger partial charge in [-0.3, -0.25) is 4.79 Å². The van der Waals surface area contributed by atoms with Crippen LogP contribution in [-0.4, -0.2) is 36.5 Å². The van der Waals surface area contributed by atoms with E-state index in [0.717, 1.165) is 31.6 Å². The molecule has 3 nitrogen and oxygen atoms in total. The molecule has 1 fully saturated rings. The fraction of sp³-hybridized carbons (Fsp3) is 0.643. The lowest BCUT2D eigenvalue weighted by Gasteiger charge is -2.34. The molecular weight excluding hydrogens is 244 g/mol. The van der Waals surface area contributed by atoms with Crippen LogP contribution >= 0.6 is 11.3 Å². The lowest BCUT2D eigenvalue weighted by molar-refractivity contribution is 0.0655. The van der Waals surface area contributed by atoms with E-state index in [4.69, 9.17) is 0 Å². The van der Waals surface area contributed by atoms with Crippen molar-refractivity contribution in [1.29, 1.82) is 0 Å². The molecule has 1 aliphatic carbocycles. The second kappa shape index (κ2) is 5.02. The highest BCUT2D eigenvalue weighted by molar-refractivity contribution is 7.10. The number of carbonyl (C=O) groups is 1. The first kappa shape index (κ1) is 12.2. The number of amides is 1. The van der Waals surface area contributed by atoms with Crippen LogP contribution < -0.4 is 5.32 Å². The number of aryl methyl sites for hydroxylation is 1. The number of nitrogens with zero attached hydrogens (tertiary/aromatic N) is 1. The summed E-state index contributed by atoms with van der Waals surface area (Å²) in [6.07, 6.45) is 4.79. The van der Waals surface area contributed by atoms with Crippen molar-refractivity contribution in [3.05, 3.63) is 21.4 Å². The minimum Gasteiger partial charge on any atom is -0.333 e. The minimum atomic E-state index is 0.253. The highest BCUT2D eigenvalue weighted by Gasteiger charge is 2.28. The topological polar surface area (TPSA) is 32.3 Å². The average molecular weight is 264 g/mol. The van der Waals surface area contributed by atoms with Gasteiger partial charge in [0.05, 0.1) is 5.56 Å². The van der Waals surface area contributed by atoms with Gasteiger partial charge in [-0.2, -0.15) is 0 Å². The zero-order valence-corrected chi connectivity index (χ0v) is 11.7. The third kappa shape index (κ3) is 2.08. The van der Waals surface area contributed by atoms with Crippen LogP contribution in [-0.2, 0) is 12.8 Å². The first-order valence-electron chi connectivity index (χ1n) is 6.88. The monoisotopic (exact) mass is 264 g/mol. The van der Waals surface area contributed by atoms with E-state index in [1.165, 1.54) is 29.7 Å². The van der Waals surface area contributed by atoms with Crippen LogP contribution in [0.3, 0.4) is 0 Å². The number of nitrogens with one attached hydrogen (secondary N) is 1. The lowest BCUT2D eigenvalue weighted by Crippen LogP contribution is -2.52. The van der Waals surface area contributed by atoms with Gasteiger partial charge in [0, 0.05) is 35.9 Å². The van der Waals surface area contributed by atoms with E-state index < -0.39 is 0 Å². The smallest absolute Gasteiger partial charge is 0.255 e. The van der Waals surface area contributed by atoms with Crippen LogP contribution in [0.25, 0.3) is 0 Å². The van der Waals surface area contributed by atoms with E-state index in [2.05, 4.69) is 17.6 Å². The van der Waals surface area contributed by atoms with E-state index in [0.29, 0.717) is 6.04 Å². The number of hydrogen-bond donors (Lipinski definition) is 1. The second-order valence-corrected chi connectivity index (χ2v) is 6.27. The Hall–Kier alpha value is -0.870. The van der Waals surface area contributed by atoms with Crippen molar-refractivity contribution < 1.29 is 4.79 Å². The van der Waals surface area contributed by atoms with Crippen molar-refractivity contribution in [1.82, 2.24) is 10.2 Å². The molecule has 1 amide bonds. The van der Waals surface area contributed by atoms with E-state index in [9.17, 15) is 4.79 Å². The highest BCUT2D eigenvalue weighted by Crippen LogP contribution is 2.31. The van der Waals surface area contributed by atoms with Gasteiger partial charge in [0.1, 0.15) is 0 Å². The van der Waals surface area contributed by atoms with Gasteiger partial charge in [0.25, 0.3) is 5.91 Å². The van der Waals surface area contributed by atoms with Crippen LogP contribution in [0, 0.1) is 0 Å². The fourth-order valence-electron chi connectivity index (χ4n) is 2.97. The normalized spacial score (nSPS) is 23.8. The quantitative estimate of drug-likeness (QED) is 0.842. The van der Waals surface area contributed by atoms with Gasteiger partial charge in [0.15, 0.2) is 0 Å². The summed E-state index contributed by atoms with van der Waals surface area (Å²) in [6.45, 7) is 4.80. The molecule has 2 aliphatic rings. The molecule has 0 bridgehead atoms.